The molecular weight excluding hydrogens is 376 g/mol. The van der Waals surface area contributed by atoms with Gasteiger partial charge in [-0.2, -0.15) is 0 Å². The highest BCUT2D eigenvalue weighted by Gasteiger charge is 2.26. The van der Waals surface area contributed by atoms with Gasteiger partial charge in [0.25, 0.3) is 0 Å². The van der Waals surface area contributed by atoms with Crippen LogP contribution in [0.2, 0.25) is 5.02 Å². The van der Waals surface area contributed by atoms with Crippen molar-refractivity contribution >= 4 is 29.2 Å². The number of benzene rings is 1. The molecule has 7 heteroatoms. The number of hydrogen-bond donors (Lipinski definition) is 1. The number of amides is 3. The molecule has 2 saturated heterocycles. The Bertz CT molecular complexity index is 711. The third-order valence-corrected chi connectivity index (χ3v) is 6.14. The van der Waals surface area contributed by atoms with Gasteiger partial charge in [0.15, 0.2) is 0 Å². The lowest BCUT2D eigenvalue weighted by molar-refractivity contribution is -0.131. The average molecular weight is 407 g/mol. The third kappa shape index (κ3) is 4.78. The first-order chi connectivity index (χ1) is 13.5. The number of likely N-dealkylation sites (tertiary alicyclic amines) is 1. The van der Waals surface area contributed by atoms with Gasteiger partial charge in [-0.25, -0.2) is 4.79 Å². The van der Waals surface area contributed by atoms with E-state index in [-0.39, 0.29) is 11.9 Å². The number of carbonyl (C=O) groups is 2. The van der Waals surface area contributed by atoms with Gasteiger partial charge in [0, 0.05) is 44.3 Å². The molecular formula is C21H31ClN4O2. The molecule has 3 amide bonds. The van der Waals surface area contributed by atoms with Gasteiger partial charge in [0.1, 0.15) is 0 Å². The predicted octanol–water partition coefficient (Wildman–Crippen LogP) is 3.24. The standard InChI is InChI=1S/C21H31ClN4O2/c1-3-16-7-8-18(22)17(4-2)20(16)23-21(28)26-13-11-24(12-14-26)15-19(27)25-9-5-6-10-25/h7-8H,3-6,9-15H2,1-2H3,(H,23,28). The monoisotopic (exact) mass is 406 g/mol. The normalized spacial score (nSPS) is 17.8. The highest BCUT2D eigenvalue weighted by Crippen LogP contribution is 2.29. The molecule has 1 N–H and O–H groups in total. The van der Waals surface area contributed by atoms with Crippen molar-refractivity contribution in [1.29, 1.82) is 0 Å². The Morgan fingerprint density at radius 2 is 1.64 bits per heavy atom. The van der Waals surface area contributed by atoms with E-state index in [0.29, 0.717) is 24.7 Å². The highest BCUT2D eigenvalue weighted by molar-refractivity contribution is 6.32. The minimum Gasteiger partial charge on any atom is -0.342 e. The van der Waals surface area contributed by atoms with Crippen molar-refractivity contribution in [3.63, 3.8) is 0 Å². The molecule has 2 aliphatic rings. The molecule has 0 saturated carbocycles. The quantitative estimate of drug-likeness (QED) is 0.816. The maximum Gasteiger partial charge on any atom is 0.321 e. The summed E-state index contributed by atoms with van der Waals surface area (Å²) in [5.41, 5.74) is 2.95. The van der Waals surface area contributed by atoms with Crippen LogP contribution in [0.4, 0.5) is 10.5 Å². The van der Waals surface area contributed by atoms with Crippen molar-refractivity contribution in [2.45, 2.75) is 39.5 Å². The predicted molar refractivity (Wildman–Crippen MR) is 113 cm³/mol. The van der Waals surface area contributed by atoms with E-state index in [2.05, 4.69) is 17.1 Å². The molecule has 154 valence electrons. The number of nitrogens with zero attached hydrogens (tertiary/aromatic N) is 3. The Hall–Kier alpha value is -1.79. The molecule has 0 atom stereocenters. The lowest BCUT2D eigenvalue weighted by Crippen LogP contribution is -2.52. The van der Waals surface area contributed by atoms with Gasteiger partial charge in [0.2, 0.25) is 5.91 Å². The van der Waals surface area contributed by atoms with E-state index in [1.165, 1.54) is 0 Å². The van der Waals surface area contributed by atoms with Crippen LogP contribution >= 0.6 is 11.6 Å². The maximum atomic E-state index is 12.8. The van der Waals surface area contributed by atoms with Crippen LogP contribution in [0.1, 0.15) is 37.8 Å². The maximum absolute atomic E-state index is 12.8. The van der Waals surface area contributed by atoms with Crippen molar-refractivity contribution in [2.75, 3.05) is 51.1 Å². The molecule has 0 radical (unpaired) electrons. The lowest BCUT2D eigenvalue weighted by Gasteiger charge is -2.35. The number of aryl methyl sites for hydroxylation is 1. The second-order valence-electron chi connectivity index (χ2n) is 7.55. The van der Waals surface area contributed by atoms with Crippen LogP contribution in [0, 0.1) is 0 Å². The molecule has 0 spiro atoms. The van der Waals surface area contributed by atoms with Gasteiger partial charge < -0.3 is 15.1 Å². The van der Waals surface area contributed by atoms with Crippen LogP contribution in [-0.4, -0.2) is 72.5 Å². The molecule has 1 aromatic carbocycles. The number of anilines is 1. The van der Waals surface area contributed by atoms with E-state index in [4.69, 9.17) is 11.6 Å². The fourth-order valence-corrected chi connectivity index (χ4v) is 4.31. The van der Waals surface area contributed by atoms with Crippen LogP contribution in [0.25, 0.3) is 0 Å². The summed E-state index contributed by atoms with van der Waals surface area (Å²) >= 11 is 6.34. The Labute approximate surface area is 172 Å². The molecule has 3 rings (SSSR count). The summed E-state index contributed by atoms with van der Waals surface area (Å²) in [6, 6.07) is 3.81. The third-order valence-electron chi connectivity index (χ3n) is 5.79. The summed E-state index contributed by atoms with van der Waals surface area (Å²) in [6.45, 7) is 9.07. The summed E-state index contributed by atoms with van der Waals surface area (Å²) in [4.78, 5) is 31.1. The molecule has 1 aromatic rings. The summed E-state index contributed by atoms with van der Waals surface area (Å²) in [6.07, 6.45) is 3.84. The zero-order valence-electron chi connectivity index (χ0n) is 17.0. The minimum absolute atomic E-state index is 0.0859. The van der Waals surface area contributed by atoms with Crippen LogP contribution in [-0.2, 0) is 17.6 Å². The van der Waals surface area contributed by atoms with Gasteiger partial charge >= 0.3 is 6.03 Å². The molecule has 6 nitrogen and oxygen atoms in total. The first-order valence-corrected chi connectivity index (χ1v) is 10.8. The number of carbonyl (C=O) groups excluding carboxylic acids is 2. The first-order valence-electron chi connectivity index (χ1n) is 10.4. The second kappa shape index (κ2) is 9.61. The number of nitrogens with one attached hydrogen (secondary N) is 1. The van der Waals surface area contributed by atoms with Gasteiger partial charge in [-0.3, -0.25) is 9.69 Å². The lowest BCUT2D eigenvalue weighted by atomic mass is 10.0. The molecule has 2 aliphatic heterocycles. The average Bonchev–Trinajstić information content (AvgIpc) is 3.24. The van der Waals surface area contributed by atoms with Crippen molar-refractivity contribution < 1.29 is 9.59 Å². The zero-order chi connectivity index (χ0) is 20.1. The number of hydrogen-bond acceptors (Lipinski definition) is 3. The molecule has 2 fully saturated rings. The highest BCUT2D eigenvalue weighted by atomic mass is 35.5. The van der Waals surface area contributed by atoms with E-state index >= 15 is 0 Å². The molecule has 0 bridgehead atoms. The molecule has 2 heterocycles. The van der Waals surface area contributed by atoms with Gasteiger partial charge in [-0.15, -0.1) is 0 Å². The van der Waals surface area contributed by atoms with E-state index < -0.39 is 0 Å². The van der Waals surface area contributed by atoms with Crippen molar-refractivity contribution in [2.24, 2.45) is 0 Å². The smallest absolute Gasteiger partial charge is 0.321 e. The van der Waals surface area contributed by atoms with Crippen molar-refractivity contribution in [3.05, 3.63) is 28.3 Å². The van der Waals surface area contributed by atoms with Crippen molar-refractivity contribution in [1.82, 2.24) is 14.7 Å². The Morgan fingerprint density at radius 1 is 0.964 bits per heavy atom. The van der Waals surface area contributed by atoms with Gasteiger partial charge in [-0.1, -0.05) is 31.5 Å². The van der Waals surface area contributed by atoms with E-state index in [1.54, 1.807) is 0 Å². The topological polar surface area (TPSA) is 55.9 Å². The molecule has 0 aromatic heterocycles. The zero-order valence-corrected chi connectivity index (χ0v) is 17.7. The van der Waals surface area contributed by atoms with Crippen LogP contribution < -0.4 is 5.32 Å². The van der Waals surface area contributed by atoms with Crippen LogP contribution in [0.15, 0.2) is 12.1 Å². The summed E-state index contributed by atoms with van der Waals surface area (Å²) in [5, 5.41) is 3.80. The number of halogens is 1. The van der Waals surface area contributed by atoms with Gasteiger partial charge in [-0.05, 0) is 42.9 Å². The number of piperazine rings is 1. The first kappa shape index (κ1) is 20.9. The molecule has 0 aliphatic carbocycles. The number of urea groups is 1. The fraction of sp³-hybridized carbons (Fsp3) is 0.619. The molecule has 0 unspecified atom stereocenters. The second-order valence-corrected chi connectivity index (χ2v) is 7.96. The van der Waals surface area contributed by atoms with Crippen molar-refractivity contribution in [3.8, 4) is 0 Å². The largest absolute Gasteiger partial charge is 0.342 e. The Kier molecular flexibility index (Phi) is 7.18. The minimum atomic E-state index is -0.0859. The Morgan fingerprint density at radius 3 is 2.25 bits per heavy atom. The summed E-state index contributed by atoms with van der Waals surface area (Å²) in [5.74, 6) is 0.217. The van der Waals surface area contributed by atoms with Crippen LogP contribution in [0.5, 0.6) is 0 Å². The summed E-state index contributed by atoms with van der Waals surface area (Å²) in [7, 11) is 0. The van der Waals surface area contributed by atoms with Crippen LogP contribution in [0.3, 0.4) is 0 Å². The van der Waals surface area contributed by atoms with E-state index in [9.17, 15) is 9.59 Å². The van der Waals surface area contributed by atoms with E-state index in [0.717, 1.165) is 68.7 Å². The molecule has 28 heavy (non-hydrogen) atoms. The SMILES string of the molecule is CCc1ccc(Cl)c(CC)c1NC(=O)N1CCN(CC(=O)N2CCCC2)CC1. The Balaban J connectivity index is 1.56. The number of rotatable bonds is 5. The fourth-order valence-electron chi connectivity index (χ4n) is 4.02. The van der Waals surface area contributed by atoms with Gasteiger partial charge in [0.05, 0.1) is 12.2 Å². The van der Waals surface area contributed by atoms with E-state index in [1.807, 2.05) is 28.9 Å². The summed E-state index contributed by atoms with van der Waals surface area (Å²) < 4.78 is 0.